The molecule has 2 aromatic heterocycles. The number of benzene rings is 1. The third kappa shape index (κ3) is 3.03. The third-order valence-electron chi connectivity index (χ3n) is 3.19. The molecule has 6 nitrogen and oxygen atoms in total. The van der Waals surface area contributed by atoms with E-state index in [0.29, 0.717) is 17.9 Å². The van der Waals surface area contributed by atoms with Crippen molar-refractivity contribution >= 4 is 11.9 Å². The number of aromatic nitrogens is 4. The van der Waals surface area contributed by atoms with Crippen LogP contribution in [0.4, 0.5) is 10.3 Å². The highest BCUT2D eigenvalue weighted by molar-refractivity contribution is 6.02. The van der Waals surface area contributed by atoms with Gasteiger partial charge in [0.2, 0.25) is 5.95 Å². The standard InChI is InChI=1S/C15H14FN5O/c1-21-7-3-6-12(21)14(22)18-15-17-13(19-20-15)9-10-4-2-5-11(16)8-10/h2-8H,9H2,1H3,(H2,17,18,19,20,22). The van der Waals surface area contributed by atoms with Crippen LogP contribution >= 0.6 is 0 Å². The molecule has 2 N–H and O–H groups in total. The minimum atomic E-state index is -0.297. The number of hydrogen-bond acceptors (Lipinski definition) is 3. The van der Waals surface area contributed by atoms with E-state index < -0.39 is 0 Å². The van der Waals surface area contributed by atoms with E-state index in [4.69, 9.17) is 0 Å². The Morgan fingerprint density at radius 3 is 2.95 bits per heavy atom. The number of rotatable bonds is 4. The monoisotopic (exact) mass is 299 g/mol. The molecule has 0 saturated heterocycles. The number of H-pyrrole nitrogens is 1. The smallest absolute Gasteiger partial charge is 0.274 e. The molecular formula is C15H14FN5O. The first-order chi connectivity index (χ1) is 10.6. The maximum Gasteiger partial charge on any atom is 0.274 e. The second kappa shape index (κ2) is 5.80. The van der Waals surface area contributed by atoms with Crippen LogP contribution in [0.5, 0.6) is 0 Å². The molecule has 0 fully saturated rings. The first-order valence-electron chi connectivity index (χ1n) is 6.70. The van der Waals surface area contributed by atoms with E-state index in [0.717, 1.165) is 5.56 Å². The lowest BCUT2D eigenvalue weighted by Gasteiger charge is -2.01. The highest BCUT2D eigenvalue weighted by atomic mass is 19.1. The van der Waals surface area contributed by atoms with Gasteiger partial charge in [-0.25, -0.2) is 4.39 Å². The summed E-state index contributed by atoms with van der Waals surface area (Å²) in [5, 5.41) is 9.29. The van der Waals surface area contributed by atoms with Gasteiger partial charge in [0.1, 0.15) is 17.3 Å². The Hall–Kier alpha value is -2.96. The van der Waals surface area contributed by atoms with E-state index in [9.17, 15) is 9.18 Å². The molecule has 2 heterocycles. The molecule has 0 bridgehead atoms. The lowest BCUT2D eigenvalue weighted by atomic mass is 10.1. The van der Waals surface area contributed by atoms with Crippen LogP contribution in [0.25, 0.3) is 0 Å². The molecule has 0 atom stereocenters. The van der Waals surface area contributed by atoms with Crippen LogP contribution in [-0.2, 0) is 13.5 Å². The zero-order valence-corrected chi connectivity index (χ0v) is 11.9. The Bertz CT molecular complexity index is 808. The Kier molecular flexibility index (Phi) is 3.69. The predicted molar refractivity (Wildman–Crippen MR) is 79.0 cm³/mol. The molecule has 0 aliphatic heterocycles. The number of hydrogen-bond donors (Lipinski definition) is 2. The minimum Gasteiger partial charge on any atom is -0.347 e. The van der Waals surface area contributed by atoms with E-state index in [-0.39, 0.29) is 17.7 Å². The Labute approximate surface area is 126 Å². The van der Waals surface area contributed by atoms with E-state index in [2.05, 4.69) is 20.5 Å². The van der Waals surface area contributed by atoms with Gasteiger partial charge < -0.3 is 4.57 Å². The van der Waals surface area contributed by atoms with Crippen molar-refractivity contribution < 1.29 is 9.18 Å². The van der Waals surface area contributed by atoms with Crippen molar-refractivity contribution in [3.8, 4) is 0 Å². The van der Waals surface area contributed by atoms with Gasteiger partial charge in [0.25, 0.3) is 5.91 Å². The van der Waals surface area contributed by atoms with E-state index in [1.54, 1.807) is 42.1 Å². The molecule has 0 unspecified atom stereocenters. The highest BCUT2D eigenvalue weighted by Gasteiger charge is 2.12. The first-order valence-corrected chi connectivity index (χ1v) is 6.70. The molecule has 1 aromatic carbocycles. The molecule has 0 aliphatic rings. The van der Waals surface area contributed by atoms with Gasteiger partial charge in [0.05, 0.1) is 0 Å². The van der Waals surface area contributed by atoms with Crippen LogP contribution in [0.3, 0.4) is 0 Å². The Balaban J connectivity index is 1.69. The summed E-state index contributed by atoms with van der Waals surface area (Å²) in [6.45, 7) is 0. The molecule has 0 spiro atoms. The zero-order chi connectivity index (χ0) is 15.5. The third-order valence-corrected chi connectivity index (χ3v) is 3.19. The molecule has 7 heteroatoms. The fraction of sp³-hybridized carbons (Fsp3) is 0.133. The number of carbonyl (C=O) groups is 1. The fourth-order valence-corrected chi connectivity index (χ4v) is 2.13. The van der Waals surface area contributed by atoms with Crippen molar-refractivity contribution in [1.82, 2.24) is 19.7 Å². The number of aryl methyl sites for hydroxylation is 1. The van der Waals surface area contributed by atoms with Crippen LogP contribution in [0.1, 0.15) is 21.9 Å². The molecule has 1 amide bonds. The summed E-state index contributed by atoms with van der Waals surface area (Å²) in [5.74, 6) is 0.156. The van der Waals surface area contributed by atoms with Gasteiger partial charge in [-0.05, 0) is 29.8 Å². The molecular weight excluding hydrogens is 285 g/mol. The second-order valence-corrected chi connectivity index (χ2v) is 4.87. The minimum absolute atomic E-state index is 0.192. The number of anilines is 1. The summed E-state index contributed by atoms with van der Waals surface area (Å²) in [4.78, 5) is 16.2. The van der Waals surface area contributed by atoms with Crippen LogP contribution in [0.2, 0.25) is 0 Å². The van der Waals surface area contributed by atoms with E-state index >= 15 is 0 Å². The van der Waals surface area contributed by atoms with Crippen molar-refractivity contribution in [3.63, 3.8) is 0 Å². The Morgan fingerprint density at radius 1 is 1.36 bits per heavy atom. The molecule has 3 aromatic rings. The van der Waals surface area contributed by atoms with Crippen LogP contribution < -0.4 is 5.32 Å². The van der Waals surface area contributed by atoms with Gasteiger partial charge >= 0.3 is 0 Å². The zero-order valence-electron chi connectivity index (χ0n) is 11.9. The number of nitrogens with zero attached hydrogens (tertiary/aromatic N) is 3. The molecule has 0 aliphatic carbocycles. The normalized spacial score (nSPS) is 10.6. The van der Waals surface area contributed by atoms with Gasteiger partial charge in [-0.2, -0.15) is 4.98 Å². The lowest BCUT2D eigenvalue weighted by molar-refractivity contribution is 0.101. The van der Waals surface area contributed by atoms with Crippen LogP contribution in [-0.4, -0.2) is 25.7 Å². The summed E-state index contributed by atoms with van der Waals surface area (Å²) in [6, 6.07) is 9.74. The Morgan fingerprint density at radius 2 is 2.23 bits per heavy atom. The average Bonchev–Trinajstić information content (AvgIpc) is 3.08. The SMILES string of the molecule is Cn1cccc1C(=O)Nc1n[nH]c(Cc2cccc(F)c2)n1. The van der Waals surface area contributed by atoms with Gasteiger partial charge in [0.15, 0.2) is 0 Å². The number of halogens is 1. The largest absolute Gasteiger partial charge is 0.347 e. The molecule has 0 saturated carbocycles. The number of carbonyl (C=O) groups excluding carboxylic acids is 1. The van der Waals surface area contributed by atoms with Gasteiger partial charge in [0, 0.05) is 19.7 Å². The van der Waals surface area contributed by atoms with Crippen molar-refractivity contribution in [1.29, 1.82) is 0 Å². The summed E-state index contributed by atoms with van der Waals surface area (Å²) < 4.78 is 14.8. The van der Waals surface area contributed by atoms with Crippen molar-refractivity contribution in [2.45, 2.75) is 6.42 Å². The van der Waals surface area contributed by atoms with Crippen LogP contribution in [0.15, 0.2) is 42.6 Å². The maximum absolute atomic E-state index is 13.1. The van der Waals surface area contributed by atoms with E-state index in [1.807, 2.05) is 0 Å². The molecule has 112 valence electrons. The van der Waals surface area contributed by atoms with E-state index in [1.165, 1.54) is 12.1 Å². The highest BCUT2D eigenvalue weighted by Crippen LogP contribution is 2.10. The quantitative estimate of drug-likeness (QED) is 0.775. The summed E-state index contributed by atoms with van der Waals surface area (Å²) in [7, 11) is 1.78. The number of amides is 1. The number of nitrogens with one attached hydrogen (secondary N) is 2. The topological polar surface area (TPSA) is 75.6 Å². The summed E-state index contributed by atoms with van der Waals surface area (Å²) in [5.41, 5.74) is 1.29. The van der Waals surface area contributed by atoms with Gasteiger partial charge in [-0.1, -0.05) is 12.1 Å². The van der Waals surface area contributed by atoms with Gasteiger partial charge in [-0.3, -0.25) is 15.2 Å². The van der Waals surface area contributed by atoms with Crippen molar-refractivity contribution in [2.75, 3.05) is 5.32 Å². The molecule has 22 heavy (non-hydrogen) atoms. The summed E-state index contributed by atoms with van der Waals surface area (Å²) in [6.07, 6.45) is 2.19. The molecule has 3 rings (SSSR count). The predicted octanol–water partition coefficient (Wildman–Crippen LogP) is 2.13. The fourth-order valence-electron chi connectivity index (χ4n) is 2.13. The maximum atomic E-state index is 13.1. The van der Waals surface area contributed by atoms with Crippen molar-refractivity contribution in [3.05, 3.63) is 65.5 Å². The number of aromatic amines is 1. The summed E-state index contributed by atoms with van der Waals surface area (Å²) >= 11 is 0. The second-order valence-electron chi connectivity index (χ2n) is 4.87. The van der Waals surface area contributed by atoms with Crippen LogP contribution in [0, 0.1) is 5.82 Å². The average molecular weight is 299 g/mol. The first kappa shape index (κ1) is 14.0. The van der Waals surface area contributed by atoms with Crippen molar-refractivity contribution in [2.24, 2.45) is 7.05 Å². The molecule has 0 radical (unpaired) electrons. The lowest BCUT2D eigenvalue weighted by Crippen LogP contribution is -2.16. The van der Waals surface area contributed by atoms with Gasteiger partial charge in [-0.15, -0.1) is 5.10 Å².